The molecule has 1 aromatic heterocycles. The average Bonchev–Trinajstić information content (AvgIpc) is 2.62. The zero-order valence-corrected chi connectivity index (χ0v) is 10.7. The van der Waals surface area contributed by atoms with Crippen LogP contribution in [0.5, 0.6) is 0 Å². The molecule has 1 aromatic carbocycles. The second-order valence-electron chi connectivity index (χ2n) is 5.14. The van der Waals surface area contributed by atoms with Crippen LogP contribution in [0.2, 0.25) is 0 Å². The number of nitrogens with zero attached hydrogens (tertiary/aromatic N) is 3. The lowest BCUT2D eigenvalue weighted by Gasteiger charge is -2.24. The summed E-state index contributed by atoms with van der Waals surface area (Å²) >= 11 is 0. The molecule has 0 aliphatic heterocycles. The quantitative estimate of drug-likeness (QED) is 0.824. The van der Waals surface area contributed by atoms with Gasteiger partial charge in [-0.1, -0.05) is 12.5 Å². The summed E-state index contributed by atoms with van der Waals surface area (Å²) < 4.78 is 2.23. The van der Waals surface area contributed by atoms with E-state index in [1.807, 2.05) is 0 Å². The molecule has 1 fully saturated rings. The number of aryl methyl sites for hydroxylation is 2. The Morgan fingerprint density at radius 3 is 2.94 bits per heavy atom. The van der Waals surface area contributed by atoms with Gasteiger partial charge in [-0.25, -0.2) is 4.98 Å². The maximum absolute atomic E-state index is 8.63. The molecule has 1 saturated carbocycles. The van der Waals surface area contributed by atoms with Crippen molar-refractivity contribution in [3.8, 4) is 6.07 Å². The maximum Gasteiger partial charge on any atom is 0.112 e. The lowest BCUT2D eigenvalue weighted by molar-refractivity contribution is 0.395. The molecule has 0 bridgehead atoms. The minimum Gasteiger partial charge on any atom is -0.331 e. The lowest BCUT2D eigenvalue weighted by atomic mass is 9.85. The van der Waals surface area contributed by atoms with E-state index in [9.17, 15) is 0 Å². The summed E-state index contributed by atoms with van der Waals surface area (Å²) in [7, 11) is 2.11. The molecule has 0 atom stereocenters. The van der Waals surface area contributed by atoms with Crippen molar-refractivity contribution in [2.75, 3.05) is 0 Å². The molecule has 1 heterocycles. The van der Waals surface area contributed by atoms with E-state index < -0.39 is 0 Å². The van der Waals surface area contributed by atoms with Crippen molar-refractivity contribution >= 4 is 11.0 Å². The molecule has 0 radical (unpaired) electrons. The lowest BCUT2D eigenvalue weighted by Crippen LogP contribution is -2.13. The van der Waals surface area contributed by atoms with Gasteiger partial charge in [0.15, 0.2) is 0 Å². The topological polar surface area (TPSA) is 41.6 Å². The number of benzene rings is 1. The first-order valence-corrected chi connectivity index (χ1v) is 6.62. The van der Waals surface area contributed by atoms with Crippen LogP contribution in [0, 0.1) is 11.3 Å². The molecule has 1 aliphatic carbocycles. The Kier molecular flexibility index (Phi) is 2.79. The van der Waals surface area contributed by atoms with Crippen LogP contribution in [0.4, 0.5) is 0 Å². The third-order valence-corrected chi connectivity index (χ3v) is 3.98. The fraction of sp³-hybridized carbons (Fsp3) is 0.467. The van der Waals surface area contributed by atoms with Gasteiger partial charge in [-0.05, 0) is 37.0 Å². The first-order valence-electron chi connectivity index (χ1n) is 6.62. The third-order valence-electron chi connectivity index (χ3n) is 3.98. The number of nitriles is 1. The van der Waals surface area contributed by atoms with Crippen molar-refractivity contribution in [3.05, 3.63) is 29.6 Å². The summed E-state index contributed by atoms with van der Waals surface area (Å²) in [5.41, 5.74) is 3.50. The number of aromatic nitrogens is 2. The Balaban J connectivity index is 1.98. The fourth-order valence-corrected chi connectivity index (χ4v) is 2.65. The average molecular weight is 239 g/mol. The van der Waals surface area contributed by atoms with E-state index >= 15 is 0 Å². The van der Waals surface area contributed by atoms with Crippen LogP contribution in [0.25, 0.3) is 11.0 Å². The number of fused-ring (bicyclic) bond motifs is 1. The molecule has 3 rings (SSSR count). The Morgan fingerprint density at radius 2 is 2.28 bits per heavy atom. The zero-order valence-electron chi connectivity index (χ0n) is 10.7. The fourth-order valence-electron chi connectivity index (χ4n) is 2.65. The second kappa shape index (κ2) is 4.45. The monoisotopic (exact) mass is 239 g/mol. The Morgan fingerprint density at radius 1 is 1.44 bits per heavy atom. The highest BCUT2D eigenvalue weighted by molar-refractivity contribution is 5.77. The van der Waals surface area contributed by atoms with Crippen molar-refractivity contribution in [2.24, 2.45) is 7.05 Å². The summed E-state index contributed by atoms with van der Waals surface area (Å²) in [6.07, 6.45) is 5.29. The van der Waals surface area contributed by atoms with Gasteiger partial charge < -0.3 is 4.57 Å². The molecule has 1 aliphatic rings. The van der Waals surface area contributed by atoms with E-state index in [1.54, 1.807) is 0 Å². The van der Waals surface area contributed by atoms with Gasteiger partial charge in [0.1, 0.15) is 5.82 Å². The first kappa shape index (κ1) is 11.3. The molecular weight excluding hydrogens is 222 g/mol. The Labute approximate surface area is 107 Å². The van der Waals surface area contributed by atoms with Gasteiger partial charge in [0.05, 0.1) is 17.1 Å². The first-order chi connectivity index (χ1) is 8.79. The SMILES string of the molecule is Cn1c(C2CCC2)nc2cc(CCC#N)ccc21. The second-order valence-corrected chi connectivity index (χ2v) is 5.14. The van der Waals surface area contributed by atoms with E-state index in [4.69, 9.17) is 10.2 Å². The van der Waals surface area contributed by atoms with Gasteiger partial charge in [0.25, 0.3) is 0 Å². The summed E-state index contributed by atoms with van der Waals surface area (Å²) in [6, 6.07) is 8.58. The predicted molar refractivity (Wildman–Crippen MR) is 71.2 cm³/mol. The molecule has 92 valence electrons. The summed E-state index contributed by atoms with van der Waals surface area (Å²) in [5, 5.41) is 8.63. The van der Waals surface area contributed by atoms with Gasteiger partial charge in [0.2, 0.25) is 0 Å². The molecule has 0 saturated heterocycles. The van der Waals surface area contributed by atoms with Gasteiger partial charge in [0, 0.05) is 19.4 Å². The molecule has 18 heavy (non-hydrogen) atoms. The van der Waals surface area contributed by atoms with Crippen LogP contribution in [0.3, 0.4) is 0 Å². The maximum atomic E-state index is 8.63. The zero-order chi connectivity index (χ0) is 12.5. The van der Waals surface area contributed by atoms with Gasteiger partial charge >= 0.3 is 0 Å². The number of imidazole rings is 1. The largest absolute Gasteiger partial charge is 0.331 e. The Bertz CT molecular complexity index is 614. The highest BCUT2D eigenvalue weighted by Crippen LogP contribution is 2.36. The van der Waals surface area contributed by atoms with Gasteiger partial charge in [-0.2, -0.15) is 5.26 Å². The smallest absolute Gasteiger partial charge is 0.112 e. The van der Waals surface area contributed by atoms with Gasteiger partial charge in [-0.15, -0.1) is 0 Å². The van der Waals surface area contributed by atoms with E-state index in [1.165, 1.54) is 36.2 Å². The predicted octanol–water partition coefficient (Wildman–Crippen LogP) is 3.30. The van der Waals surface area contributed by atoms with Crippen LogP contribution in [0.15, 0.2) is 18.2 Å². The number of hydrogen-bond donors (Lipinski definition) is 0. The molecule has 0 N–H and O–H groups in total. The number of hydrogen-bond acceptors (Lipinski definition) is 2. The minimum atomic E-state index is 0.577. The van der Waals surface area contributed by atoms with Crippen LogP contribution in [-0.4, -0.2) is 9.55 Å². The molecule has 0 spiro atoms. The van der Waals surface area contributed by atoms with Crippen LogP contribution >= 0.6 is 0 Å². The molecular formula is C15H17N3. The molecule has 0 amide bonds. The molecule has 3 nitrogen and oxygen atoms in total. The minimum absolute atomic E-state index is 0.577. The third kappa shape index (κ3) is 1.78. The van der Waals surface area contributed by atoms with E-state index in [0.717, 1.165) is 11.9 Å². The van der Waals surface area contributed by atoms with Crippen LogP contribution in [-0.2, 0) is 13.5 Å². The van der Waals surface area contributed by atoms with E-state index in [-0.39, 0.29) is 0 Å². The number of rotatable bonds is 3. The van der Waals surface area contributed by atoms with Crippen molar-refractivity contribution in [3.63, 3.8) is 0 Å². The highest BCUT2D eigenvalue weighted by Gasteiger charge is 2.24. The van der Waals surface area contributed by atoms with E-state index in [2.05, 4.69) is 35.9 Å². The standard InChI is InChI=1S/C15H17N3/c1-18-14-8-7-11(4-3-9-16)10-13(14)17-15(18)12-5-2-6-12/h7-8,10,12H,2-6H2,1H3. The van der Waals surface area contributed by atoms with Crippen LogP contribution < -0.4 is 0 Å². The molecule has 0 unspecified atom stereocenters. The van der Waals surface area contributed by atoms with Crippen LogP contribution in [0.1, 0.15) is 43.0 Å². The highest BCUT2D eigenvalue weighted by atomic mass is 15.1. The van der Waals surface area contributed by atoms with Crippen molar-refractivity contribution in [1.29, 1.82) is 5.26 Å². The van der Waals surface area contributed by atoms with Crippen molar-refractivity contribution in [2.45, 2.75) is 38.0 Å². The van der Waals surface area contributed by atoms with E-state index in [0.29, 0.717) is 12.3 Å². The summed E-state index contributed by atoms with van der Waals surface area (Å²) in [5.74, 6) is 1.89. The Hall–Kier alpha value is -1.82. The molecule has 3 heteroatoms. The molecule has 2 aromatic rings. The van der Waals surface area contributed by atoms with Crippen molar-refractivity contribution in [1.82, 2.24) is 9.55 Å². The van der Waals surface area contributed by atoms with Crippen molar-refractivity contribution < 1.29 is 0 Å². The normalized spacial score (nSPS) is 15.6. The summed E-state index contributed by atoms with van der Waals surface area (Å²) in [4.78, 5) is 4.78. The van der Waals surface area contributed by atoms with Gasteiger partial charge in [-0.3, -0.25) is 0 Å². The summed E-state index contributed by atoms with van der Waals surface area (Å²) in [6.45, 7) is 0.